The molecule has 0 spiro atoms. The highest BCUT2D eigenvalue weighted by Crippen LogP contribution is 2.36. The van der Waals surface area contributed by atoms with Crippen LogP contribution in [0.25, 0.3) is 0 Å². The van der Waals surface area contributed by atoms with Crippen molar-refractivity contribution >= 4 is 16.5 Å². The molecule has 0 saturated carbocycles. The molecule has 16 heavy (non-hydrogen) atoms. The third-order valence-corrected chi connectivity index (χ3v) is 4.36. The fourth-order valence-electron chi connectivity index (χ4n) is 2.24. The van der Waals surface area contributed by atoms with Gasteiger partial charge in [0.1, 0.15) is 5.60 Å². The van der Waals surface area contributed by atoms with Gasteiger partial charge in [0, 0.05) is 12.7 Å². The summed E-state index contributed by atoms with van der Waals surface area (Å²) in [6, 6.07) is 0. The van der Waals surface area contributed by atoms with Crippen LogP contribution in [-0.4, -0.2) is 34.6 Å². The molecule has 1 saturated heterocycles. The first-order valence-corrected chi connectivity index (χ1v) is 6.62. The molecule has 0 bridgehead atoms. The molecule has 1 unspecified atom stereocenters. The molecule has 4 nitrogen and oxygen atoms in total. The monoisotopic (exact) mass is 241 g/mol. The molecule has 1 aliphatic heterocycles. The maximum Gasteiger partial charge on any atom is 0.180 e. The van der Waals surface area contributed by atoms with Crippen LogP contribution in [0, 0.1) is 0 Å². The van der Waals surface area contributed by atoms with Crippen molar-refractivity contribution in [2.45, 2.75) is 31.8 Å². The number of hydrogen-bond acceptors (Lipinski definition) is 5. The second-order valence-corrected chi connectivity index (χ2v) is 5.44. The van der Waals surface area contributed by atoms with E-state index in [-0.39, 0.29) is 0 Å². The van der Waals surface area contributed by atoms with E-state index in [2.05, 4.69) is 16.8 Å². The summed E-state index contributed by atoms with van der Waals surface area (Å²) in [7, 11) is 0. The number of hydrogen-bond donors (Lipinski definition) is 2. The number of aliphatic hydroxyl groups is 1. The number of nitrogen functional groups attached to an aromatic ring is 1. The van der Waals surface area contributed by atoms with Gasteiger partial charge in [0.05, 0.1) is 4.88 Å². The molecule has 2 heterocycles. The van der Waals surface area contributed by atoms with Gasteiger partial charge in [-0.15, -0.1) is 0 Å². The highest BCUT2D eigenvalue weighted by atomic mass is 32.1. The smallest absolute Gasteiger partial charge is 0.180 e. The van der Waals surface area contributed by atoms with E-state index in [1.807, 2.05) is 0 Å². The van der Waals surface area contributed by atoms with Crippen molar-refractivity contribution in [3.63, 3.8) is 0 Å². The van der Waals surface area contributed by atoms with E-state index in [1.54, 1.807) is 6.20 Å². The predicted molar refractivity (Wildman–Crippen MR) is 66.4 cm³/mol. The second-order valence-electron chi connectivity index (χ2n) is 4.38. The average molecular weight is 241 g/mol. The zero-order valence-electron chi connectivity index (χ0n) is 9.65. The molecule has 0 radical (unpaired) electrons. The van der Waals surface area contributed by atoms with Crippen molar-refractivity contribution in [3.8, 4) is 0 Å². The first-order chi connectivity index (χ1) is 7.64. The van der Waals surface area contributed by atoms with Gasteiger partial charge < -0.3 is 15.7 Å². The maximum atomic E-state index is 10.6. The Morgan fingerprint density at radius 2 is 2.38 bits per heavy atom. The standard InChI is InChI=1S/C11H19N3OS/c1-2-14-6-3-4-11(15,5-7-14)9-8-13-10(12)16-9/h8,15H,2-7H2,1H3,(H2,12,13). The average Bonchev–Trinajstić information content (AvgIpc) is 2.61. The lowest BCUT2D eigenvalue weighted by Gasteiger charge is -2.25. The zero-order chi connectivity index (χ0) is 11.6. The van der Waals surface area contributed by atoms with Gasteiger partial charge in [-0.05, 0) is 32.4 Å². The van der Waals surface area contributed by atoms with Crippen LogP contribution in [0.4, 0.5) is 5.13 Å². The third kappa shape index (κ3) is 2.36. The Hall–Kier alpha value is -0.650. The Labute approximate surface area is 100 Å². The molecule has 3 N–H and O–H groups in total. The lowest BCUT2D eigenvalue weighted by atomic mass is 9.94. The minimum Gasteiger partial charge on any atom is -0.384 e. The van der Waals surface area contributed by atoms with Gasteiger partial charge in [-0.2, -0.15) is 0 Å². The molecule has 1 aliphatic rings. The SMILES string of the molecule is CCN1CCCC(O)(c2cnc(N)s2)CC1. The van der Waals surface area contributed by atoms with Crippen molar-refractivity contribution in [1.29, 1.82) is 0 Å². The number of likely N-dealkylation sites (tertiary alicyclic amines) is 1. The van der Waals surface area contributed by atoms with E-state index in [0.29, 0.717) is 5.13 Å². The quantitative estimate of drug-likeness (QED) is 0.822. The third-order valence-electron chi connectivity index (χ3n) is 3.34. The van der Waals surface area contributed by atoms with Crippen LogP contribution in [-0.2, 0) is 5.60 Å². The molecule has 0 amide bonds. The van der Waals surface area contributed by atoms with E-state index in [0.717, 1.165) is 43.8 Å². The van der Waals surface area contributed by atoms with Crippen molar-refractivity contribution in [2.75, 3.05) is 25.4 Å². The molecule has 90 valence electrons. The number of anilines is 1. The van der Waals surface area contributed by atoms with Gasteiger partial charge >= 0.3 is 0 Å². The zero-order valence-corrected chi connectivity index (χ0v) is 10.5. The molecule has 2 rings (SSSR count). The summed E-state index contributed by atoms with van der Waals surface area (Å²) in [6.45, 7) is 5.24. The first kappa shape index (κ1) is 11.8. The number of nitrogens with zero attached hydrogens (tertiary/aromatic N) is 2. The Kier molecular flexibility index (Phi) is 3.47. The van der Waals surface area contributed by atoms with Crippen molar-refractivity contribution in [1.82, 2.24) is 9.88 Å². The van der Waals surface area contributed by atoms with Crippen LogP contribution >= 0.6 is 11.3 Å². The molecule has 1 atom stereocenters. The normalized spacial score (nSPS) is 27.9. The predicted octanol–water partition coefficient (Wildman–Crippen LogP) is 1.42. The van der Waals surface area contributed by atoms with Crippen LogP contribution < -0.4 is 5.73 Å². The van der Waals surface area contributed by atoms with Gasteiger partial charge in [-0.3, -0.25) is 0 Å². The van der Waals surface area contributed by atoms with Crippen LogP contribution in [0.5, 0.6) is 0 Å². The summed E-state index contributed by atoms with van der Waals surface area (Å²) in [5.41, 5.74) is 4.91. The van der Waals surface area contributed by atoms with E-state index >= 15 is 0 Å². The van der Waals surface area contributed by atoms with Gasteiger partial charge in [0.25, 0.3) is 0 Å². The minimum atomic E-state index is -0.709. The van der Waals surface area contributed by atoms with Gasteiger partial charge in [0.2, 0.25) is 0 Å². The van der Waals surface area contributed by atoms with Crippen molar-refractivity contribution in [3.05, 3.63) is 11.1 Å². The van der Waals surface area contributed by atoms with E-state index in [1.165, 1.54) is 11.3 Å². The number of rotatable bonds is 2. The van der Waals surface area contributed by atoms with Crippen LogP contribution in [0.15, 0.2) is 6.20 Å². The molecule has 0 aliphatic carbocycles. The van der Waals surface area contributed by atoms with E-state index in [4.69, 9.17) is 5.73 Å². The molecule has 1 aromatic rings. The minimum absolute atomic E-state index is 0.542. The Morgan fingerprint density at radius 3 is 3.00 bits per heavy atom. The number of nitrogens with two attached hydrogens (primary N) is 1. The maximum absolute atomic E-state index is 10.6. The summed E-state index contributed by atoms with van der Waals surface area (Å²) in [5.74, 6) is 0. The molecule has 1 fully saturated rings. The van der Waals surface area contributed by atoms with Gasteiger partial charge in [-0.25, -0.2) is 4.98 Å². The van der Waals surface area contributed by atoms with Crippen molar-refractivity contribution < 1.29 is 5.11 Å². The largest absolute Gasteiger partial charge is 0.384 e. The lowest BCUT2D eigenvalue weighted by Crippen LogP contribution is -2.28. The topological polar surface area (TPSA) is 62.4 Å². The Bertz CT molecular complexity index is 355. The summed E-state index contributed by atoms with van der Waals surface area (Å²) in [5, 5.41) is 11.2. The van der Waals surface area contributed by atoms with E-state index < -0.39 is 5.60 Å². The Morgan fingerprint density at radius 1 is 1.56 bits per heavy atom. The van der Waals surface area contributed by atoms with E-state index in [9.17, 15) is 5.11 Å². The highest BCUT2D eigenvalue weighted by molar-refractivity contribution is 7.15. The van der Waals surface area contributed by atoms with Gasteiger partial charge in [-0.1, -0.05) is 18.3 Å². The molecular weight excluding hydrogens is 222 g/mol. The fraction of sp³-hybridized carbons (Fsp3) is 0.727. The number of thiazole rings is 1. The number of aromatic nitrogens is 1. The molecule has 0 aromatic carbocycles. The molecular formula is C11H19N3OS. The second kappa shape index (κ2) is 4.69. The van der Waals surface area contributed by atoms with Gasteiger partial charge in [0.15, 0.2) is 5.13 Å². The van der Waals surface area contributed by atoms with Crippen LogP contribution in [0.2, 0.25) is 0 Å². The Balaban J connectivity index is 2.13. The van der Waals surface area contributed by atoms with Crippen LogP contribution in [0.1, 0.15) is 31.1 Å². The van der Waals surface area contributed by atoms with Crippen molar-refractivity contribution in [2.24, 2.45) is 0 Å². The highest BCUT2D eigenvalue weighted by Gasteiger charge is 2.33. The summed E-state index contributed by atoms with van der Waals surface area (Å²) < 4.78 is 0. The first-order valence-electron chi connectivity index (χ1n) is 5.80. The fourth-order valence-corrected chi connectivity index (χ4v) is 3.07. The lowest BCUT2D eigenvalue weighted by molar-refractivity contribution is 0.0248. The van der Waals surface area contributed by atoms with Crippen LogP contribution in [0.3, 0.4) is 0 Å². The molecule has 5 heteroatoms. The summed E-state index contributed by atoms with van der Waals surface area (Å²) >= 11 is 1.41. The summed E-state index contributed by atoms with van der Waals surface area (Å²) in [6.07, 6.45) is 4.34. The molecule has 1 aromatic heterocycles. The summed E-state index contributed by atoms with van der Waals surface area (Å²) in [4.78, 5) is 7.33.